The second-order valence-electron chi connectivity index (χ2n) is 3.85. The first kappa shape index (κ1) is 9.69. The van der Waals surface area contributed by atoms with Gasteiger partial charge in [0.1, 0.15) is 0 Å². The van der Waals surface area contributed by atoms with E-state index in [0.717, 1.165) is 0 Å². The minimum absolute atomic E-state index is 0.545. The largest absolute Gasteiger partial charge is 0.316 e. The second kappa shape index (κ2) is 3.71. The van der Waals surface area contributed by atoms with Gasteiger partial charge in [0, 0.05) is 13.1 Å². The van der Waals surface area contributed by atoms with Crippen molar-refractivity contribution in [3.05, 3.63) is 20.8 Å². The van der Waals surface area contributed by atoms with E-state index in [1.807, 2.05) is 0 Å². The Balaban J connectivity index is 2.08. The zero-order valence-electron chi connectivity index (χ0n) is 7.77. The lowest BCUT2D eigenvalue weighted by Crippen LogP contribution is -2.54. The Morgan fingerprint density at radius 3 is 2.77 bits per heavy atom. The molecule has 0 bridgehead atoms. The average Bonchev–Trinajstić information content (AvgIpc) is 2.44. The molecule has 1 saturated heterocycles. The third kappa shape index (κ3) is 1.83. The van der Waals surface area contributed by atoms with E-state index in [1.165, 1.54) is 35.3 Å². The minimum atomic E-state index is 0.545. The van der Waals surface area contributed by atoms with E-state index in [0.29, 0.717) is 5.41 Å². The molecule has 72 valence electrons. The van der Waals surface area contributed by atoms with Crippen molar-refractivity contribution in [1.29, 1.82) is 0 Å². The van der Waals surface area contributed by atoms with Crippen molar-refractivity contribution >= 4 is 27.3 Å². The lowest BCUT2D eigenvalue weighted by Gasteiger charge is -2.42. The molecule has 1 fully saturated rings. The molecule has 2 rings (SSSR count). The van der Waals surface area contributed by atoms with Crippen LogP contribution in [0.1, 0.15) is 18.9 Å². The van der Waals surface area contributed by atoms with Crippen LogP contribution in [0.5, 0.6) is 0 Å². The Kier molecular flexibility index (Phi) is 2.77. The normalized spacial score (nSPS) is 19.8. The summed E-state index contributed by atoms with van der Waals surface area (Å²) in [5.74, 6) is 0. The molecular weight excluding hydrogens is 246 g/mol. The quantitative estimate of drug-likeness (QED) is 0.880. The Bertz CT molecular complexity index is 285. The third-order valence-corrected chi connectivity index (χ3v) is 4.82. The maximum atomic E-state index is 3.60. The van der Waals surface area contributed by atoms with Gasteiger partial charge in [-0.05, 0) is 51.2 Å². The number of nitrogens with one attached hydrogen (secondary N) is 1. The van der Waals surface area contributed by atoms with Crippen molar-refractivity contribution in [2.75, 3.05) is 13.1 Å². The molecule has 0 aliphatic carbocycles. The molecule has 13 heavy (non-hydrogen) atoms. The molecule has 1 aliphatic heterocycles. The van der Waals surface area contributed by atoms with Gasteiger partial charge in [0.2, 0.25) is 0 Å². The standard InChI is InChI=1S/C10H14BrNS/c1-2-10(6-12-7-10)5-8-3-4-13-9(8)11/h3-4,12H,2,5-7H2,1H3. The fourth-order valence-corrected chi connectivity index (χ4v) is 3.07. The molecule has 1 N–H and O–H groups in total. The fraction of sp³-hybridized carbons (Fsp3) is 0.600. The molecule has 0 saturated carbocycles. The molecule has 3 heteroatoms. The molecule has 1 nitrogen and oxygen atoms in total. The van der Waals surface area contributed by atoms with Gasteiger partial charge >= 0.3 is 0 Å². The molecular formula is C10H14BrNS. The molecule has 1 aliphatic rings. The predicted octanol–water partition coefficient (Wildman–Crippen LogP) is 3.05. The number of hydrogen-bond acceptors (Lipinski definition) is 2. The van der Waals surface area contributed by atoms with E-state index in [4.69, 9.17) is 0 Å². The minimum Gasteiger partial charge on any atom is -0.316 e. The first-order valence-electron chi connectivity index (χ1n) is 4.68. The molecule has 0 unspecified atom stereocenters. The Hall–Kier alpha value is 0.140. The summed E-state index contributed by atoms with van der Waals surface area (Å²) in [4.78, 5) is 0. The first-order chi connectivity index (χ1) is 6.26. The van der Waals surface area contributed by atoms with Gasteiger partial charge in [0.25, 0.3) is 0 Å². The highest BCUT2D eigenvalue weighted by atomic mass is 79.9. The Morgan fingerprint density at radius 1 is 1.62 bits per heavy atom. The van der Waals surface area contributed by atoms with Gasteiger partial charge in [-0.3, -0.25) is 0 Å². The van der Waals surface area contributed by atoms with E-state index in [9.17, 15) is 0 Å². The topological polar surface area (TPSA) is 12.0 Å². The number of hydrogen-bond donors (Lipinski definition) is 1. The zero-order chi connectivity index (χ0) is 9.31. The van der Waals surface area contributed by atoms with Crippen LogP contribution in [0.15, 0.2) is 15.2 Å². The molecule has 0 aromatic carbocycles. The van der Waals surface area contributed by atoms with Crippen LogP contribution in [0.25, 0.3) is 0 Å². The summed E-state index contributed by atoms with van der Waals surface area (Å²) in [5, 5.41) is 5.53. The van der Waals surface area contributed by atoms with Gasteiger partial charge in [-0.25, -0.2) is 0 Å². The molecule has 0 radical (unpaired) electrons. The predicted molar refractivity (Wildman–Crippen MR) is 61.3 cm³/mol. The van der Waals surface area contributed by atoms with Crippen LogP contribution in [-0.4, -0.2) is 13.1 Å². The molecule has 2 heterocycles. The Morgan fingerprint density at radius 2 is 2.38 bits per heavy atom. The van der Waals surface area contributed by atoms with Crippen molar-refractivity contribution in [2.24, 2.45) is 5.41 Å². The van der Waals surface area contributed by atoms with Gasteiger partial charge in [-0.15, -0.1) is 11.3 Å². The van der Waals surface area contributed by atoms with Crippen molar-refractivity contribution in [3.8, 4) is 0 Å². The van der Waals surface area contributed by atoms with Gasteiger partial charge in [0.15, 0.2) is 0 Å². The summed E-state index contributed by atoms with van der Waals surface area (Å²) in [7, 11) is 0. The van der Waals surface area contributed by atoms with Crippen LogP contribution in [0, 0.1) is 5.41 Å². The molecule has 0 amide bonds. The number of halogens is 1. The van der Waals surface area contributed by atoms with Crippen LogP contribution < -0.4 is 5.32 Å². The van der Waals surface area contributed by atoms with Crippen molar-refractivity contribution in [2.45, 2.75) is 19.8 Å². The highest BCUT2D eigenvalue weighted by Gasteiger charge is 2.35. The van der Waals surface area contributed by atoms with Crippen molar-refractivity contribution in [3.63, 3.8) is 0 Å². The zero-order valence-corrected chi connectivity index (χ0v) is 10.2. The first-order valence-corrected chi connectivity index (χ1v) is 6.36. The van der Waals surface area contributed by atoms with Crippen LogP contribution in [0.4, 0.5) is 0 Å². The molecule has 1 aromatic heterocycles. The SMILES string of the molecule is CCC1(Cc2ccsc2Br)CNC1. The summed E-state index contributed by atoms with van der Waals surface area (Å²) < 4.78 is 1.31. The summed E-state index contributed by atoms with van der Waals surface area (Å²) in [5.41, 5.74) is 2.03. The molecule has 1 aromatic rings. The van der Waals surface area contributed by atoms with Gasteiger partial charge in [-0.1, -0.05) is 6.92 Å². The van der Waals surface area contributed by atoms with Crippen molar-refractivity contribution < 1.29 is 0 Å². The van der Waals surface area contributed by atoms with Crippen LogP contribution in [-0.2, 0) is 6.42 Å². The monoisotopic (exact) mass is 259 g/mol. The van der Waals surface area contributed by atoms with Crippen LogP contribution >= 0.6 is 27.3 Å². The van der Waals surface area contributed by atoms with Crippen LogP contribution in [0.2, 0.25) is 0 Å². The second-order valence-corrected chi connectivity index (χ2v) is 6.09. The van der Waals surface area contributed by atoms with Crippen LogP contribution in [0.3, 0.4) is 0 Å². The number of rotatable bonds is 3. The Labute approximate surface area is 91.7 Å². The van der Waals surface area contributed by atoms with E-state index in [-0.39, 0.29) is 0 Å². The summed E-state index contributed by atoms with van der Waals surface area (Å²) in [6, 6.07) is 2.24. The van der Waals surface area contributed by atoms with Gasteiger partial charge in [0.05, 0.1) is 3.79 Å². The highest BCUT2D eigenvalue weighted by Crippen LogP contribution is 2.35. The summed E-state index contributed by atoms with van der Waals surface area (Å²) in [6.45, 7) is 4.67. The summed E-state index contributed by atoms with van der Waals surface area (Å²) >= 11 is 5.39. The van der Waals surface area contributed by atoms with E-state index in [1.54, 1.807) is 11.3 Å². The lowest BCUT2D eigenvalue weighted by atomic mass is 9.75. The maximum Gasteiger partial charge on any atom is 0.0730 e. The fourth-order valence-electron chi connectivity index (χ4n) is 1.83. The lowest BCUT2D eigenvalue weighted by molar-refractivity contribution is 0.160. The van der Waals surface area contributed by atoms with Crippen molar-refractivity contribution in [1.82, 2.24) is 5.32 Å². The van der Waals surface area contributed by atoms with E-state index in [2.05, 4.69) is 39.6 Å². The smallest absolute Gasteiger partial charge is 0.0730 e. The molecule has 0 atom stereocenters. The van der Waals surface area contributed by atoms with Gasteiger partial charge < -0.3 is 5.32 Å². The third-order valence-electron chi connectivity index (χ3n) is 3.01. The maximum absolute atomic E-state index is 3.60. The average molecular weight is 260 g/mol. The van der Waals surface area contributed by atoms with Gasteiger partial charge in [-0.2, -0.15) is 0 Å². The highest BCUT2D eigenvalue weighted by molar-refractivity contribution is 9.11. The van der Waals surface area contributed by atoms with E-state index < -0.39 is 0 Å². The molecule has 0 spiro atoms. The summed E-state index contributed by atoms with van der Waals surface area (Å²) in [6.07, 6.45) is 2.50. The van der Waals surface area contributed by atoms with E-state index >= 15 is 0 Å². The number of thiophene rings is 1.